The molecule has 1 aliphatic heterocycles. The molecule has 1 heterocycles. The maximum absolute atomic E-state index is 12.1. The summed E-state index contributed by atoms with van der Waals surface area (Å²) in [6.07, 6.45) is 2.40. The molecule has 0 bridgehead atoms. The highest BCUT2D eigenvalue weighted by Crippen LogP contribution is 2.27. The van der Waals surface area contributed by atoms with Crippen LogP contribution in [0.4, 0.5) is 0 Å². The predicted molar refractivity (Wildman–Crippen MR) is 78.6 cm³/mol. The summed E-state index contributed by atoms with van der Waals surface area (Å²) in [4.78, 5) is 14.9. The van der Waals surface area contributed by atoms with E-state index >= 15 is 0 Å². The van der Waals surface area contributed by atoms with Gasteiger partial charge in [-0.2, -0.15) is 0 Å². The number of hydrogen-bond acceptors (Lipinski definition) is 3. The number of hydrogen-bond donors (Lipinski definition) is 1. The van der Waals surface area contributed by atoms with Gasteiger partial charge in [-0.15, -0.1) is 11.8 Å². The van der Waals surface area contributed by atoms with Crippen molar-refractivity contribution in [2.24, 2.45) is 0 Å². The van der Waals surface area contributed by atoms with E-state index in [4.69, 9.17) is 11.6 Å². The van der Waals surface area contributed by atoms with E-state index in [1.54, 1.807) is 11.8 Å². The minimum Gasteiger partial charge on any atom is -0.394 e. The average Bonchev–Trinajstić information content (AvgIpc) is 2.89. The summed E-state index contributed by atoms with van der Waals surface area (Å²) in [7, 11) is 0. The third-order valence-electron chi connectivity index (χ3n) is 3.32. The van der Waals surface area contributed by atoms with Gasteiger partial charge in [0.15, 0.2) is 0 Å². The Morgan fingerprint density at radius 2 is 2.26 bits per heavy atom. The number of amides is 1. The first-order valence-corrected chi connectivity index (χ1v) is 7.86. The third-order valence-corrected chi connectivity index (χ3v) is 4.84. The molecule has 1 aliphatic rings. The van der Waals surface area contributed by atoms with Crippen LogP contribution < -0.4 is 0 Å². The Bertz CT molecular complexity index is 441. The van der Waals surface area contributed by atoms with Gasteiger partial charge >= 0.3 is 0 Å². The van der Waals surface area contributed by atoms with E-state index in [2.05, 4.69) is 0 Å². The van der Waals surface area contributed by atoms with Gasteiger partial charge in [0.2, 0.25) is 5.91 Å². The van der Waals surface area contributed by atoms with Crippen molar-refractivity contribution in [1.29, 1.82) is 0 Å². The Balaban J connectivity index is 1.80. The van der Waals surface area contributed by atoms with Gasteiger partial charge < -0.3 is 10.0 Å². The van der Waals surface area contributed by atoms with Crippen LogP contribution >= 0.6 is 23.4 Å². The zero-order valence-corrected chi connectivity index (χ0v) is 12.3. The number of thioether (sulfide) groups is 1. The summed E-state index contributed by atoms with van der Waals surface area (Å²) in [6.45, 7) is 0.851. The number of benzene rings is 1. The zero-order chi connectivity index (χ0) is 13.7. The van der Waals surface area contributed by atoms with E-state index in [1.807, 2.05) is 29.2 Å². The molecule has 2 rings (SSSR count). The van der Waals surface area contributed by atoms with E-state index in [0.717, 1.165) is 35.1 Å². The molecule has 1 amide bonds. The molecule has 19 heavy (non-hydrogen) atoms. The summed E-state index contributed by atoms with van der Waals surface area (Å²) in [5.41, 5.74) is 0. The van der Waals surface area contributed by atoms with Crippen molar-refractivity contribution in [2.45, 2.75) is 30.2 Å². The summed E-state index contributed by atoms with van der Waals surface area (Å²) in [5, 5.41) is 9.94. The number of halogens is 1. The molecule has 1 atom stereocenters. The van der Waals surface area contributed by atoms with Crippen molar-refractivity contribution in [1.82, 2.24) is 4.90 Å². The van der Waals surface area contributed by atoms with Crippen molar-refractivity contribution in [3.8, 4) is 0 Å². The maximum Gasteiger partial charge on any atom is 0.223 e. The lowest BCUT2D eigenvalue weighted by Gasteiger charge is -2.22. The van der Waals surface area contributed by atoms with Crippen LogP contribution in [0.1, 0.15) is 19.3 Å². The molecule has 0 aromatic heterocycles. The molecule has 0 aliphatic carbocycles. The number of carbonyl (C=O) groups excluding carboxylic acids is 1. The van der Waals surface area contributed by atoms with E-state index in [9.17, 15) is 9.90 Å². The van der Waals surface area contributed by atoms with E-state index in [0.29, 0.717) is 6.42 Å². The average molecular weight is 300 g/mol. The summed E-state index contributed by atoms with van der Waals surface area (Å²) in [6, 6.07) is 7.68. The van der Waals surface area contributed by atoms with Gasteiger partial charge in [-0.25, -0.2) is 0 Å². The molecule has 0 spiro atoms. The standard InChI is InChI=1S/C14H18ClNO2S/c15-12-5-1-2-6-13(12)19-9-7-14(18)16-8-3-4-11(16)10-17/h1-2,5-6,11,17H,3-4,7-10H2. The van der Waals surface area contributed by atoms with Crippen molar-refractivity contribution in [2.75, 3.05) is 18.9 Å². The first kappa shape index (κ1) is 14.7. The molecule has 1 aromatic rings. The summed E-state index contributed by atoms with van der Waals surface area (Å²) < 4.78 is 0. The van der Waals surface area contributed by atoms with Crippen LogP contribution in [0.3, 0.4) is 0 Å². The topological polar surface area (TPSA) is 40.5 Å². The quantitative estimate of drug-likeness (QED) is 0.850. The Labute approximate surface area is 122 Å². The minimum atomic E-state index is 0.0258. The number of carbonyl (C=O) groups is 1. The lowest BCUT2D eigenvalue weighted by molar-refractivity contribution is -0.132. The van der Waals surface area contributed by atoms with Crippen LogP contribution in [-0.4, -0.2) is 40.9 Å². The molecule has 1 fully saturated rings. The van der Waals surface area contributed by atoms with Gasteiger partial charge in [0.05, 0.1) is 17.7 Å². The largest absolute Gasteiger partial charge is 0.394 e. The first-order chi connectivity index (χ1) is 9.22. The Hall–Kier alpha value is -0.710. The molecule has 1 N–H and O–H groups in total. The SMILES string of the molecule is O=C(CCSc1ccccc1Cl)N1CCCC1CO. The molecule has 104 valence electrons. The van der Waals surface area contributed by atoms with Crippen LogP contribution in [0.5, 0.6) is 0 Å². The fraction of sp³-hybridized carbons (Fsp3) is 0.500. The third kappa shape index (κ3) is 3.88. The number of aliphatic hydroxyl groups excluding tert-OH is 1. The zero-order valence-electron chi connectivity index (χ0n) is 10.7. The summed E-state index contributed by atoms with van der Waals surface area (Å²) >= 11 is 7.66. The molecule has 0 radical (unpaired) electrons. The first-order valence-electron chi connectivity index (χ1n) is 6.50. The fourth-order valence-corrected chi connectivity index (χ4v) is 3.48. The smallest absolute Gasteiger partial charge is 0.223 e. The Kier molecular flexibility index (Phi) is 5.55. The van der Waals surface area contributed by atoms with Crippen molar-refractivity contribution < 1.29 is 9.90 Å². The van der Waals surface area contributed by atoms with Gasteiger partial charge in [-0.1, -0.05) is 23.7 Å². The Morgan fingerprint density at radius 1 is 1.47 bits per heavy atom. The van der Waals surface area contributed by atoms with Crippen LogP contribution in [0, 0.1) is 0 Å². The number of nitrogens with zero attached hydrogens (tertiary/aromatic N) is 1. The van der Waals surface area contributed by atoms with Gasteiger partial charge in [0.1, 0.15) is 0 Å². The molecule has 3 nitrogen and oxygen atoms in total. The van der Waals surface area contributed by atoms with Gasteiger partial charge in [-0.3, -0.25) is 4.79 Å². The molecule has 0 saturated carbocycles. The highest BCUT2D eigenvalue weighted by Gasteiger charge is 2.27. The van der Waals surface area contributed by atoms with Gasteiger partial charge in [0, 0.05) is 23.6 Å². The van der Waals surface area contributed by atoms with E-state index in [1.165, 1.54) is 0 Å². The maximum atomic E-state index is 12.1. The van der Waals surface area contributed by atoms with E-state index in [-0.39, 0.29) is 18.6 Å². The lowest BCUT2D eigenvalue weighted by Crippen LogP contribution is -2.37. The van der Waals surface area contributed by atoms with Crippen LogP contribution in [0.25, 0.3) is 0 Å². The molecule has 1 aromatic carbocycles. The van der Waals surface area contributed by atoms with Gasteiger partial charge in [-0.05, 0) is 25.0 Å². The lowest BCUT2D eigenvalue weighted by atomic mass is 10.2. The summed E-state index contributed by atoms with van der Waals surface area (Å²) in [5.74, 6) is 0.855. The predicted octanol–water partition coefficient (Wildman–Crippen LogP) is 2.81. The number of aliphatic hydroxyl groups is 1. The Morgan fingerprint density at radius 3 is 3.00 bits per heavy atom. The van der Waals surface area contributed by atoms with Crippen molar-refractivity contribution in [3.63, 3.8) is 0 Å². The molecular weight excluding hydrogens is 282 g/mol. The normalized spacial score (nSPS) is 18.8. The van der Waals surface area contributed by atoms with Crippen LogP contribution in [-0.2, 0) is 4.79 Å². The highest BCUT2D eigenvalue weighted by atomic mass is 35.5. The van der Waals surface area contributed by atoms with Crippen molar-refractivity contribution >= 4 is 29.3 Å². The highest BCUT2D eigenvalue weighted by molar-refractivity contribution is 7.99. The van der Waals surface area contributed by atoms with Crippen molar-refractivity contribution in [3.05, 3.63) is 29.3 Å². The van der Waals surface area contributed by atoms with E-state index < -0.39 is 0 Å². The van der Waals surface area contributed by atoms with Crippen LogP contribution in [0.15, 0.2) is 29.2 Å². The fourth-order valence-electron chi connectivity index (χ4n) is 2.31. The molecular formula is C14H18ClNO2S. The molecule has 5 heteroatoms. The van der Waals surface area contributed by atoms with Gasteiger partial charge in [0.25, 0.3) is 0 Å². The van der Waals surface area contributed by atoms with Crippen LogP contribution in [0.2, 0.25) is 5.02 Å². The second-order valence-corrected chi connectivity index (χ2v) is 6.14. The molecule has 1 unspecified atom stereocenters. The minimum absolute atomic E-state index is 0.0258. The second-order valence-electron chi connectivity index (χ2n) is 4.59. The monoisotopic (exact) mass is 299 g/mol. The number of likely N-dealkylation sites (tertiary alicyclic amines) is 1. The second kappa shape index (κ2) is 7.17. The molecule has 1 saturated heterocycles. The number of rotatable bonds is 5.